The van der Waals surface area contributed by atoms with Crippen LogP contribution in [0.15, 0.2) is 65.3 Å². The molecule has 0 aliphatic heterocycles. The van der Waals surface area contributed by atoms with Crippen molar-refractivity contribution in [1.29, 1.82) is 5.26 Å². The number of phenolic OH excluding ortho intramolecular Hbond substituents is 1. The molecule has 0 saturated carbocycles. The van der Waals surface area contributed by atoms with Crippen molar-refractivity contribution in [3.63, 3.8) is 0 Å². The van der Waals surface area contributed by atoms with Crippen LogP contribution < -0.4 is 16.4 Å². The molecule has 0 atom stereocenters. The highest BCUT2D eigenvalue weighted by molar-refractivity contribution is 6.30. The van der Waals surface area contributed by atoms with Gasteiger partial charge in [-0.2, -0.15) is 5.26 Å². The number of nitriles is 1. The van der Waals surface area contributed by atoms with Crippen LogP contribution in [0.3, 0.4) is 0 Å². The number of hydrogen-bond donors (Lipinski definition) is 4. The Hall–Kier alpha value is -4.65. The summed E-state index contributed by atoms with van der Waals surface area (Å²) in [6, 6.07) is 16.5. The highest BCUT2D eigenvalue weighted by atomic mass is 35.5. The van der Waals surface area contributed by atoms with Gasteiger partial charge in [0.2, 0.25) is 0 Å². The van der Waals surface area contributed by atoms with Gasteiger partial charge in [0.15, 0.2) is 11.6 Å². The van der Waals surface area contributed by atoms with Gasteiger partial charge in [-0.05, 0) is 55.0 Å². The topological polar surface area (TPSA) is 154 Å². The molecular weight excluding hydrogens is 494 g/mol. The Labute approximate surface area is 217 Å². The number of aromatic hydroxyl groups is 1. The van der Waals surface area contributed by atoms with Gasteiger partial charge in [-0.15, -0.1) is 0 Å². The van der Waals surface area contributed by atoms with Gasteiger partial charge in [0.1, 0.15) is 17.4 Å². The standard InChI is InChI=1S/C27H22ClN5O4/c1-15-7-10-37-24(15)27(36)33-25-21(14-30)20(13-22(32-25)19-6-5-18(28)12-23(19)34)16-3-2-4-17(11-16)26(35)31-9-8-29/h2-7,10-13,34H,8-9,29H2,1H3,(H,31,35)(H,32,33,36). The number of anilines is 1. The van der Waals surface area contributed by atoms with Crippen LogP contribution in [0, 0.1) is 18.3 Å². The Morgan fingerprint density at radius 3 is 2.62 bits per heavy atom. The van der Waals surface area contributed by atoms with Crippen molar-refractivity contribution in [3.05, 3.63) is 88.3 Å². The lowest BCUT2D eigenvalue weighted by Gasteiger charge is -2.15. The van der Waals surface area contributed by atoms with Crippen LogP contribution in [-0.2, 0) is 0 Å². The fourth-order valence-corrected chi connectivity index (χ4v) is 3.89. The summed E-state index contributed by atoms with van der Waals surface area (Å²) in [6.45, 7) is 2.32. The lowest BCUT2D eigenvalue weighted by molar-refractivity contribution is 0.0953. The van der Waals surface area contributed by atoms with E-state index in [-0.39, 0.29) is 34.5 Å². The third-order valence-corrected chi connectivity index (χ3v) is 5.77. The third-order valence-electron chi connectivity index (χ3n) is 5.53. The third kappa shape index (κ3) is 5.46. The normalized spacial score (nSPS) is 10.5. The molecule has 186 valence electrons. The molecular formula is C27H22ClN5O4. The molecule has 2 amide bonds. The predicted octanol–water partition coefficient (Wildman–Crippen LogP) is 4.49. The Morgan fingerprint density at radius 1 is 1.14 bits per heavy atom. The van der Waals surface area contributed by atoms with E-state index in [1.807, 2.05) is 0 Å². The van der Waals surface area contributed by atoms with Gasteiger partial charge in [-0.3, -0.25) is 9.59 Å². The van der Waals surface area contributed by atoms with Gasteiger partial charge in [0, 0.05) is 40.4 Å². The van der Waals surface area contributed by atoms with E-state index in [1.165, 1.54) is 12.3 Å². The zero-order valence-electron chi connectivity index (χ0n) is 19.7. The van der Waals surface area contributed by atoms with Crippen molar-refractivity contribution in [2.45, 2.75) is 6.92 Å². The molecule has 2 aromatic heterocycles. The van der Waals surface area contributed by atoms with Crippen LogP contribution in [0.25, 0.3) is 22.4 Å². The summed E-state index contributed by atoms with van der Waals surface area (Å²) in [5.74, 6) is -1.01. The van der Waals surface area contributed by atoms with Crippen LogP contribution in [0.4, 0.5) is 5.82 Å². The van der Waals surface area contributed by atoms with Crippen LogP contribution in [-0.4, -0.2) is 35.0 Å². The molecule has 0 aliphatic rings. The van der Waals surface area contributed by atoms with Gasteiger partial charge < -0.3 is 25.9 Å². The van der Waals surface area contributed by atoms with Crippen molar-refractivity contribution >= 4 is 29.2 Å². The predicted molar refractivity (Wildman–Crippen MR) is 139 cm³/mol. The van der Waals surface area contributed by atoms with E-state index in [0.717, 1.165) is 0 Å². The maximum atomic E-state index is 12.9. The number of halogens is 1. The van der Waals surface area contributed by atoms with E-state index in [9.17, 15) is 20.0 Å². The van der Waals surface area contributed by atoms with E-state index in [0.29, 0.717) is 45.9 Å². The number of furan rings is 1. The molecule has 0 saturated heterocycles. The number of nitrogens with zero attached hydrogens (tertiary/aromatic N) is 2. The number of aromatic nitrogens is 1. The van der Waals surface area contributed by atoms with Crippen molar-refractivity contribution in [3.8, 4) is 34.2 Å². The molecule has 0 bridgehead atoms. The Balaban J connectivity index is 1.89. The van der Waals surface area contributed by atoms with E-state index in [2.05, 4.69) is 21.7 Å². The second-order valence-electron chi connectivity index (χ2n) is 8.06. The quantitative estimate of drug-likeness (QED) is 0.282. The highest BCUT2D eigenvalue weighted by Gasteiger charge is 2.21. The zero-order valence-corrected chi connectivity index (χ0v) is 20.5. The smallest absolute Gasteiger partial charge is 0.292 e. The van der Waals surface area contributed by atoms with Gasteiger partial charge in [0.25, 0.3) is 11.8 Å². The number of rotatable bonds is 7. The summed E-state index contributed by atoms with van der Waals surface area (Å²) in [5.41, 5.74) is 8.03. The zero-order chi connectivity index (χ0) is 26.5. The average molecular weight is 516 g/mol. The summed E-state index contributed by atoms with van der Waals surface area (Å²) in [6.07, 6.45) is 1.39. The van der Waals surface area contributed by atoms with Crippen LogP contribution >= 0.6 is 11.6 Å². The first-order chi connectivity index (χ1) is 17.8. The molecule has 0 radical (unpaired) electrons. The van der Waals surface area contributed by atoms with Crippen LogP contribution in [0.1, 0.15) is 32.0 Å². The summed E-state index contributed by atoms with van der Waals surface area (Å²) in [5, 5.41) is 26.3. The SMILES string of the molecule is Cc1ccoc1C(=O)Nc1nc(-c2ccc(Cl)cc2O)cc(-c2cccc(C(=O)NCCN)c2)c1C#N. The first kappa shape index (κ1) is 25.4. The van der Waals surface area contributed by atoms with E-state index in [4.69, 9.17) is 21.8 Å². The van der Waals surface area contributed by atoms with Gasteiger partial charge in [-0.1, -0.05) is 23.7 Å². The number of benzene rings is 2. The molecule has 0 aliphatic carbocycles. The molecule has 0 unspecified atom stereocenters. The first-order valence-corrected chi connectivity index (χ1v) is 11.6. The minimum atomic E-state index is -0.593. The second-order valence-corrected chi connectivity index (χ2v) is 8.50. The van der Waals surface area contributed by atoms with Gasteiger partial charge >= 0.3 is 0 Å². The van der Waals surface area contributed by atoms with Crippen molar-refractivity contribution < 1.29 is 19.1 Å². The van der Waals surface area contributed by atoms with Crippen LogP contribution in [0.5, 0.6) is 5.75 Å². The summed E-state index contributed by atoms with van der Waals surface area (Å²) < 4.78 is 5.28. The molecule has 4 aromatic rings. The fraction of sp³-hybridized carbons (Fsp3) is 0.111. The number of nitrogens with one attached hydrogen (secondary N) is 2. The maximum absolute atomic E-state index is 12.9. The summed E-state index contributed by atoms with van der Waals surface area (Å²) >= 11 is 6.00. The second kappa shape index (κ2) is 11.0. The number of carbonyl (C=O) groups is 2. The number of amides is 2. The molecule has 0 spiro atoms. The molecule has 5 N–H and O–H groups in total. The number of hydrogen-bond acceptors (Lipinski definition) is 7. The Morgan fingerprint density at radius 2 is 1.95 bits per heavy atom. The highest BCUT2D eigenvalue weighted by Crippen LogP contribution is 2.37. The fourth-order valence-electron chi connectivity index (χ4n) is 3.72. The lowest BCUT2D eigenvalue weighted by atomic mass is 9.96. The summed E-state index contributed by atoms with van der Waals surface area (Å²) in [7, 11) is 0. The Kier molecular flexibility index (Phi) is 7.53. The minimum absolute atomic E-state index is 0.0388. The number of nitrogens with two attached hydrogens (primary N) is 1. The van der Waals surface area contributed by atoms with Crippen LogP contribution in [0.2, 0.25) is 5.02 Å². The van der Waals surface area contributed by atoms with Crippen molar-refractivity contribution in [2.24, 2.45) is 5.73 Å². The minimum Gasteiger partial charge on any atom is -0.507 e. The average Bonchev–Trinajstić information content (AvgIpc) is 3.32. The number of phenols is 1. The Bertz CT molecular complexity index is 1540. The first-order valence-electron chi connectivity index (χ1n) is 11.2. The number of pyridine rings is 1. The molecule has 10 heteroatoms. The van der Waals surface area contributed by atoms with Crippen molar-refractivity contribution in [2.75, 3.05) is 18.4 Å². The van der Waals surface area contributed by atoms with E-state index < -0.39 is 5.91 Å². The lowest BCUT2D eigenvalue weighted by Crippen LogP contribution is -2.28. The van der Waals surface area contributed by atoms with Gasteiger partial charge in [-0.25, -0.2) is 4.98 Å². The van der Waals surface area contributed by atoms with E-state index >= 15 is 0 Å². The largest absolute Gasteiger partial charge is 0.507 e. The molecule has 4 rings (SSSR count). The monoisotopic (exact) mass is 515 g/mol. The van der Waals surface area contributed by atoms with Gasteiger partial charge in [0.05, 0.1) is 12.0 Å². The number of carbonyl (C=O) groups excluding carboxylic acids is 2. The summed E-state index contributed by atoms with van der Waals surface area (Å²) in [4.78, 5) is 29.9. The maximum Gasteiger partial charge on any atom is 0.292 e. The molecule has 2 aromatic carbocycles. The molecule has 9 nitrogen and oxygen atoms in total. The molecule has 0 fully saturated rings. The molecule has 37 heavy (non-hydrogen) atoms. The number of aryl methyl sites for hydroxylation is 1. The molecule has 2 heterocycles. The van der Waals surface area contributed by atoms with E-state index in [1.54, 1.807) is 55.5 Å². The van der Waals surface area contributed by atoms with Crippen molar-refractivity contribution in [1.82, 2.24) is 10.3 Å².